The molecular formula is C18H25NO5. The molecule has 24 heavy (non-hydrogen) atoms. The highest BCUT2D eigenvalue weighted by molar-refractivity contribution is 5.95. The monoisotopic (exact) mass is 335 g/mol. The van der Waals surface area contributed by atoms with Gasteiger partial charge in [0.1, 0.15) is 11.3 Å². The van der Waals surface area contributed by atoms with Crippen molar-refractivity contribution in [3.8, 4) is 0 Å². The average molecular weight is 335 g/mol. The van der Waals surface area contributed by atoms with Gasteiger partial charge in [-0.05, 0) is 12.5 Å². The van der Waals surface area contributed by atoms with Crippen molar-refractivity contribution in [3.63, 3.8) is 0 Å². The first-order valence-corrected chi connectivity index (χ1v) is 7.87. The number of ketones is 1. The van der Waals surface area contributed by atoms with Crippen LogP contribution in [0.5, 0.6) is 0 Å². The van der Waals surface area contributed by atoms with Crippen LogP contribution in [0.2, 0.25) is 0 Å². The minimum atomic E-state index is -0.774. The minimum Gasteiger partial charge on any atom is -0.465 e. The Balaban J connectivity index is 0.00000254. The number of carbonyl (C=O) groups is 2. The first-order chi connectivity index (χ1) is 11.5. The van der Waals surface area contributed by atoms with E-state index in [2.05, 4.69) is 24.8 Å². The Morgan fingerprint density at radius 1 is 1.21 bits per heavy atom. The van der Waals surface area contributed by atoms with Crippen molar-refractivity contribution < 1.29 is 19.2 Å². The quantitative estimate of drug-likeness (QED) is 0.221. The van der Waals surface area contributed by atoms with E-state index in [-0.39, 0.29) is 29.0 Å². The zero-order valence-electron chi connectivity index (χ0n) is 14.4. The Hall–Kier alpha value is -2.50. The maximum atomic E-state index is 12.0. The van der Waals surface area contributed by atoms with Gasteiger partial charge < -0.3 is 4.74 Å². The van der Waals surface area contributed by atoms with E-state index in [1.807, 2.05) is 0 Å². The van der Waals surface area contributed by atoms with Crippen LogP contribution in [0, 0.1) is 10.1 Å². The molecule has 6 nitrogen and oxygen atoms in total. The fourth-order valence-corrected chi connectivity index (χ4v) is 2.27. The number of ether oxygens (including phenoxy) is 1. The molecule has 0 aliphatic carbocycles. The second-order valence-corrected chi connectivity index (χ2v) is 5.09. The summed E-state index contributed by atoms with van der Waals surface area (Å²) in [7, 11) is 1.16. The average Bonchev–Trinajstić information content (AvgIpc) is 2.59. The number of carbonyl (C=O) groups excluding carboxylic acids is 2. The lowest BCUT2D eigenvalue weighted by Crippen LogP contribution is -2.10. The molecule has 1 rings (SSSR count). The number of rotatable bonds is 9. The summed E-state index contributed by atoms with van der Waals surface area (Å²) >= 11 is 0. The van der Waals surface area contributed by atoms with E-state index in [0.29, 0.717) is 6.42 Å². The molecule has 0 aliphatic heterocycles. The molecule has 0 atom stereocenters. The Labute approximate surface area is 142 Å². The molecule has 0 fully saturated rings. The van der Waals surface area contributed by atoms with Gasteiger partial charge in [0, 0.05) is 18.4 Å². The van der Waals surface area contributed by atoms with Gasteiger partial charge in [-0.2, -0.15) is 0 Å². The standard InChI is InChI=1S/C16H21NO5.C2H4/c1-3-4-5-6-9-13(18)11-12-8-7-10-14(16(19)22-2)15(12)17(20)21;1-2/h7-8,10H,3-6,9,11H2,1-2H3;1-2H2. The van der Waals surface area contributed by atoms with E-state index in [1.165, 1.54) is 18.2 Å². The molecule has 0 unspecified atom stereocenters. The molecule has 6 heteroatoms. The number of hydrogen-bond donors (Lipinski definition) is 0. The summed E-state index contributed by atoms with van der Waals surface area (Å²) in [6.45, 7) is 8.09. The summed E-state index contributed by atoms with van der Waals surface area (Å²) in [4.78, 5) is 34.2. The summed E-state index contributed by atoms with van der Waals surface area (Å²) < 4.78 is 4.55. The Morgan fingerprint density at radius 3 is 2.42 bits per heavy atom. The van der Waals surface area contributed by atoms with Crippen LogP contribution in [0.15, 0.2) is 31.4 Å². The third kappa shape index (κ3) is 6.73. The van der Waals surface area contributed by atoms with E-state index in [0.717, 1.165) is 32.8 Å². The lowest BCUT2D eigenvalue weighted by Gasteiger charge is -2.06. The van der Waals surface area contributed by atoms with Gasteiger partial charge in [-0.1, -0.05) is 38.3 Å². The summed E-state index contributed by atoms with van der Waals surface area (Å²) in [6.07, 6.45) is 4.29. The lowest BCUT2D eigenvalue weighted by molar-refractivity contribution is -0.385. The van der Waals surface area contributed by atoms with Gasteiger partial charge in [-0.25, -0.2) is 4.79 Å². The summed E-state index contributed by atoms with van der Waals surface area (Å²) in [6, 6.07) is 4.37. The number of Topliss-reactive ketones (excluding diaryl/α,β-unsaturated/α-hetero) is 1. The van der Waals surface area contributed by atoms with E-state index < -0.39 is 10.9 Å². The SMILES string of the molecule is C=C.CCCCCCC(=O)Cc1cccc(C(=O)OC)c1[N+](=O)[O-]. The number of benzene rings is 1. The number of unbranched alkanes of at least 4 members (excludes halogenated alkanes) is 3. The van der Waals surface area contributed by atoms with Crippen LogP contribution in [0.25, 0.3) is 0 Å². The van der Waals surface area contributed by atoms with Crippen LogP contribution in [-0.4, -0.2) is 23.8 Å². The van der Waals surface area contributed by atoms with Crippen molar-refractivity contribution >= 4 is 17.4 Å². The van der Waals surface area contributed by atoms with Crippen LogP contribution in [0.4, 0.5) is 5.69 Å². The Bertz CT molecular complexity index is 569. The van der Waals surface area contributed by atoms with Crippen molar-refractivity contribution in [1.82, 2.24) is 0 Å². The molecule has 1 aromatic rings. The van der Waals surface area contributed by atoms with E-state index >= 15 is 0 Å². The van der Waals surface area contributed by atoms with Crippen molar-refractivity contribution in [1.29, 1.82) is 0 Å². The topological polar surface area (TPSA) is 86.5 Å². The Kier molecular flexibility index (Phi) is 10.7. The minimum absolute atomic E-state index is 0.0345. The summed E-state index contributed by atoms with van der Waals surface area (Å²) in [5.74, 6) is -0.829. The molecular weight excluding hydrogens is 310 g/mol. The van der Waals surface area contributed by atoms with Gasteiger partial charge in [0.25, 0.3) is 5.69 Å². The van der Waals surface area contributed by atoms with Crippen LogP contribution in [0.1, 0.15) is 54.9 Å². The first-order valence-electron chi connectivity index (χ1n) is 7.87. The summed E-state index contributed by atoms with van der Waals surface area (Å²) in [5.41, 5.74) is -0.201. The third-order valence-electron chi connectivity index (χ3n) is 3.40. The van der Waals surface area contributed by atoms with Crippen molar-refractivity contribution in [2.75, 3.05) is 7.11 Å². The second kappa shape index (κ2) is 12.0. The van der Waals surface area contributed by atoms with E-state index in [1.54, 1.807) is 0 Å². The first kappa shape index (κ1) is 21.5. The number of hydrogen-bond acceptors (Lipinski definition) is 5. The smallest absolute Gasteiger partial charge is 0.344 e. The number of methoxy groups -OCH3 is 1. The van der Waals surface area contributed by atoms with Gasteiger partial charge >= 0.3 is 5.97 Å². The largest absolute Gasteiger partial charge is 0.465 e. The molecule has 0 radical (unpaired) electrons. The second-order valence-electron chi connectivity index (χ2n) is 5.09. The highest BCUT2D eigenvalue weighted by atomic mass is 16.6. The molecule has 132 valence electrons. The number of esters is 1. The predicted octanol–water partition coefficient (Wildman–Crippen LogP) is 4.27. The fourth-order valence-electron chi connectivity index (χ4n) is 2.27. The van der Waals surface area contributed by atoms with Crippen molar-refractivity contribution in [2.45, 2.75) is 45.4 Å². The van der Waals surface area contributed by atoms with Crippen molar-refractivity contribution in [3.05, 3.63) is 52.6 Å². The molecule has 0 N–H and O–H groups in total. The zero-order chi connectivity index (χ0) is 18.5. The maximum Gasteiger partial charge on any atom is 0.344 e. The highest BCUT2D eigenvalue weighted by Crippen LogP contribution is 2.25. The van der Waals surface area contributed by atoms with Gasteiger partial charge in [-0.3, -0.25) is 14.9 Å². The molecule has 0 spiro atoms. The van der Waals surface area contributed by atoms with Crippen molar-refractivity contribution in [2.24, 2.45) is 0 Å². The maximum absolute atomic E-state index is 12.0. The van der Waals surface area contributed by atoms with Crippen LogP contribution in [-0.2, 0) is 16.0 Å². The molecule has 0 saturated carbocycles. The van der Waals surface area contributed by atoms with Crippen LogP contribution >= 0.6 is 0 Å². The van der Waals surface area contributed by atoms with E-state index in [9.17, 15) is 19.7 Å². The molecule has 0 saturated heterocycles. The molecule has 0 amide bonds. The van der Waals surface area contributed by atoms with Gasteiger partial charge in [0.15, 0.2) is 0 Å². The molecule has 1 aromatic carbocycles. The van der Waals surface area contributed by atoms with Gasteiger partial charge in [-0.15, -0.1) is 13.2 Å². The highest BCUT2D eigenvalue weighted by Gasteiger charge is 2.25. The molecule has 0 aliphatic rings. The van der Waals surface area contributed by atoms with Crippen LogP contribution in [0.3, 0.4) is 0 Å². The molecule has 0 heterocycles. The fraction of sp³-hybridized carbons (Fsp3) is 0.444. The van der Waals surface area contributed by atoms with Gasteiger partial charge in [0.2, 0.25) is 0 Å². The van der Waals surface area contributed by atoms with Crippen LogP contribution < -0.4 is 0 Å². The third-order valence-corrected chi connectivity index (χ3v) is 3.40. The van der Waals surface area contributed by atoms with E-state index in [4.69, 9.17) is 0 Å². The lowest BCUT2D eigenvalue weighted by atomic mass is 10.00. The molecule has 0 bridgehead atoms. The number of para-hydroxylation sites is 1. The Morgan fingerprint density at radius 2 is 1.88 bits per heavy atom. The number of nitro benzene ring substituents is 1. The predicted molar refractivity (Wildman–Crippen MR) is 93.2 cm³/mol. The van der Waals surface area contributed by atoms with Gasteiger partial charge in [0.05, 0.1) is 12.0 Å². The zero-order valence-corrected chi connectivity index (χ0v) is 14.4. The summed E-state index contributed by atoms with van der Waals surface area (Å²) in [5, 5.41) is 11.2. The number of nitro groups is 1. The molecule has 0 aromatic heterocycles. The normalized spacial score (nSPS) is 9.58. The number of nitrogens with zero attached hydrogens (tertiary/aromatic N) is 1.